The smallest absolute Gasteiger partial charge is 0.335 e. The van der Waals surface area contributed by atoms with Gasteiger partial charge in [0.25, 0.3) is 0 Å². The van der Waals surface area contributed by atoms with Crippen LogP contribution in [0.4, 0.5) is 4.39 Å². The molecule has 0 radical (unpaired) electrons. The van der Waals surface area contributed by atoms with Crippen molar-refractivity contribution in [2.75, 3.05) is 21.0 Å². The second kappa shape index (κ2) is 7.56. The molecule has 2 aromatic rings. The summed E-state index contributed by atoms with van der Waals surface area (Å²) in [5.74, 6) is -2.74. The molecule has 0 spiro atoms. The van der Waals surface area contributed by atoms with Crippen molar-refractivity contribution in [3.8, 4) is 11.5 Å². The Labute approximate surface area is 137 Å². The van der Waals surface area contributed by atoms with E-state index in [0.717, 1.165) is 0 Å². The van der Waals surface area contributed by atoms with E-state index in [-0.39, 0.29) is 35.0 Å². The van der Waals surface area contributed by atoms with Gasteiger partial charge in [-0.2, -0.15) is 0 Å². The molecule has 0 heterocycles. The fraction of sp³-hybridized carbons (Fsp3) is 0.176. The number of aromatic carboxylic acids is 1. The maximum atomic E-state index is 14.5. The lowest BCUT2D eigenvalue weighted by Crippen LogP contribution is -2.11. The Morgan fingerprint density at radius 1 is 1.00 bits per heavy atom. The number of carboxylic acids is 1. The Morgan fingerprint density at radius 2 is 1.58 bits per heavy atom. The van der Waals surface area contributed by atoms with Crippen molar-refractivity contribution in [1.29, 1.82) is 0 Å². The van der Waals surface area contributed by atoms with E-state index in [9.17, 15) is 14.0 Å². The van der Waals surface area contributed by atoms with Crippen LogP contribution in [-0.2, 0) is 4.74 Å². The van der Waals surface area contributed by atoms with Gasteiger partial charge >= 0.3 is 5.97 Å². The van der Waals surface area contributed by atoms with Crippen LogP contribution in [0.3, 0.4) is 0 Å². The Morgan fingerprint density at radius 3 is 2.12 bits per heavy atom. The van der Waals surface area contributed by atoms with E-state index in [1.54, 1.807) is 0 Å². The number of ether oxygens (including phenoxy) is 3. The molecule has 0 aliphatic carbocycles. The van der Waals surface area contributed by atoms with Gasteiger partial charge in [-0.15, -0.1) is 0 Å². The predicted molar refractivity (Wildman–Crippen MR) is 82.3 cm³/mol. The van der Waals surface area contributed by atoms with Crippen molar-refractivity contribution in [3.63, 3.8) is 0 Å². The van der Waals surface area contributed by atoms with Gasteiger partial charge in [0.05, 0.1) is 12.7 Å². The van der Waals surface area contributed by atoms with E-state index in [2.05, 4.69) is 0 Å². The molecule has 0 saturated heterocycles. The van der Waals surface area contributed by atoms with Gasteiger partial charge < -0.3 is 19.3 Å². The third kappa shape index (κ3) is 3.52. The van der Waals surface area contributed by atoms with Gasteiger partial charge in [-0.1, -0.05) is 12.1 Å². The van der Waals surface area contributed by atoms with Crippen LogP contribution >= 0.6 is 0 Å². The van der Waals surface area contributed by atoms with E-state index < -0.39 is 17.6 Å². The summed E-state index contributed by atoms with van der Waals surface area (Å²) < 4.78 is 29.4. The molecule has 0 atom stereocenters. The standard InChI is InChI=1S/C17H15FO6/c1-22-9-24-12-7-8-13(23-2)15(18)14(12)16(19)10-3-5-11(6-4-10)17(20)21/h3-8H,9H2,1-2H3,(H,20,21). The van der Waals surface area contributed by atoms with Crippen molar-refractivity contribution in [2.24, 2.45) is 0 Å². The second-order valence-electron chi connectivity index (χ2n) is 4.72. The minimum Gasteiger partial charge on any atom is -0.494 e. The topological polar surface area (TPSA) is 82.1 Å². The summed E-state index contributed by atoms with van der Waals surface area (Å²) in [6.07, 6.45) is 0. The van der Waals surface area contributed by atoms with E-state index in [0.29, 0.717) is 0 Å². The minimum atomic E-state index is -1.12. The molecule has 24 heavy (non-hydrogen) atoms. The minimum absolute atomic E-state index is 0.00228. The summed E-state index contributed by atoms with van der Waals surface area (Å²) in [6, 6.07) is 7.90. The molecule has 0 fully saturated rings. The van der Waals surface area contributed by atoms with Crippen LogP contribution in [-0.4, -0.2) is 37.9 Å². The normalized spacial score (nSPS) is 10.3. The summed E-state index contributed by atoms with van der Waals surface area (Å²) in [6.45, 7) is -0.163. The summed E-state index contributed by atoms with van der Waals surface area (Å²) in [7, 11) is 2.68. The molecular formula is C17H15FO6. The first-order valence-electron chi connectivity index (χ1n) is 6.85. The molecule has 0 amide bonds. The first-order valence-corrected chi connectivity index (χ1v) is 6.85. The molecule has 2 aromatic carbocycles. The highest BCUT2D eigenvalue weighted by atomic mass is 19.1. The molecule has 0 unspecified atom stereocenters. The van der Waals surface area contributed by atoms with Crippen molar-refractivity contribution >= 4 is 11.8 Å². The molecule has 6 nitrogen and oxygen atoms in total. The fourth-order valence-corrected chi connectivity index (χ4v) is 2.06. The highest BCUT2D eigenvalue weighted by Crippen LogP contribution is 2.31. The molecule has 0 bridgehead atoms. The number of methoxy groups -OCH3 is 2. The third-order valence-corrected chi connectivity index (χ3v) is 3.24. The molecule has 126 valence electrons. The summed E-state index contributed by atoms with van der Waals surface area (Å²) in [4.78, 5) is 23.5. The summed E-state index contributed by atoms with van der Waals surface area (Å²) in [5, 5.41) is 8.89. The van der Waals surface area contributed by atoms with E-state index in [4.69, 9.17) is 19.3 Å². The Balaban J connectivity index is 2.47. The zero-order valence-corrected chi connectivity index (χ0v) is 13.0. The van der Waals surface area contributed by atoms with E-state index in [1.165, 1.54) is 50.6 Å². The Hall–Kier alpha value is -2.93. The van der Waals surface area contributed by atoms with Crippen LogP contribution < -0.4 is 9.47 Å². The number of ketones is 1. The lowest BCUT2D eigenvalue weighted by molar-refractivity contribution is 0.0499. The third-order valence-electron chi connectivity index (χ3n) is 3.24. The molecular weight excluding hydrogens is 319 g/mol. The summed E-state index contributed by atoms with van der Waals surface area (Å²) >= 11 is 0. The first kappa shape index (κ1) is 17.4. The highest BCUT2D eigenvalue weighted by Gasteiger charge is 2.23. The Kier molecular flexibility index (Phi) is 5.49. The molecule has 2 rings (SSSR count). The molecule has 0 aliphatic rings. The van der Waals surface area contributed by atoms with Crippen LogP contribution in [0.15, 0.2) is 36.4 Å². The molecule has 1 N–H and O–H groups in total. The average molecular weight is 334 g/mol. The van der Waals surface area contributed by atoms with Gasteiger partial charge in [-0.05, 0) is 24.3 Å². The zero-order chi connectivity index (χ0) is 17.7. The van der Waals surface area contributed by atoms with Gasteiger partial charge in [0, 0.05) is 12.7 Å². The number of carboxylic acid groups (broad SMARTS) is 1. The van der Waals surface area contributed by atoms with Gasteiger partial charge in [-0.3, -0.25) is 4.79 Å². The number of halogens is 1. The monoisotopic (exact) mass is 334 g/mol. The summed E-state index contributed by atoms with van der Waals surface area (Å²) in [5.41, 5.74) is -0.169. The van der Waals surface area contributed by atoms with Crippen LogP contribution in [0.2, 0.25) is 0 Å². The molecule has 7 heteroatoms. The van der Waals surface area contributed by atoms with Gasteiger partial charge in [0.2, 0.25) is 0 Å². The van der Waals surface area contributed by atoms with Crippen molar-refractivity contribution in [1.82, 2.24) is 0 Å². The highest BCUT2D eigenvalue weighted by molar-refractivity contribution is 6.11. The van der Waals surface area contributed by atoms with E-state index >= 15 is 0 Å². The number of benzene rings is 2. The predicted octanol–water partition coefficient (Wildman–Crippen LogP) is 2.75. The fourth-order valence-electron chi connectivity index (χ4n) is 2.06. The maximum absolute atomic E-state index is 14.5. The number of hydrogen-bond acceptors (Lipinski definition) is 5. The lowest BCUT2D eigenvalue weighted by Gasteiger charge is -2.13. The van der Waals surface area contributed by atoms with E-state index in [1.807, 2.05) is 0 Å². The maximum Gasteiger partial charge on any atom is 0.335 e. The first-order chi connectivity index (χ1) is 11.5. The SMILES string of the molecule is COCOc1ccc(OC)c(F)c1C(=O)c1ccc(C(=O)O)cc1. The van der Waals surface area contributed by atoms with Crippen LogP contribution in [0.25, 0.3) is 0 Å². The second-order valence-corrected chi connectivity index (χ2v) is 4.72. The van der Waals surface area contributed by atoms with Crippen LogP contribution in [0, 0.1) is 5.82 Å². The van der Waals surface area contributed by atoms with Gasteiger partial charge in [0.15, 0.2) is 24.1 Å². The quantitative estimate of drug-likeness (QED) is 0.619. The molecule has 0 aliphatic heterocycles. The number of carbonyl (C=O) groups is 2. The molecule has 0 saturated carbocycles. The van der Waals surface area contributed by atoms with Crippen LogP contribution in [0.5, 0.6) is 11.5 Å². The van der Waals surface area contributed by atoms with Crippen molar-refractivity contribution in [3.05, 3.63) is 58.9 Å². The van der Waals surface area contributed by atoms with Gasteiger partial charge in [0.1, 0.15) is 11.3 Å². The largest absolute Gasteiger partial charge is 0.494 e. The van der Waals surface area contributed by atoms with Crippen molar-refractivity contribution in [2.45, 2.75) is 0 Å². The zero-order valence-electron chi connectivity index (χ0n) is 13.0. The van der Waals surface area contributed by atoms with Crippen molar-refractivity contribution < 1.29 is 33.3 Å². The number of rotatable bonds is 7. The number of hydrogen-bond donors (Lipinski definition) is 1. The lowest BCUT2D eigenvalue weighted by atomic mass is 10.00. The molecule has 0 aromatic heterocycles. The van der Waals surface area contributed by atoms with Crippen LogP contribution in [0.1, 0.15) is 26.3 Å². The van der Waals surface area contributed by atoms with Gasteiger partial charge in [-0.25, -0.2) is 9.18 Å². The number of carbonyl (C=O) groups excluding carboxylic acids is 1. The Bertz CT molecular complexity index is 754. The average Bonchev–Trinajstić information content (AvgIpc) is 2.59.